The maximum atomic E-state index is 3.77. The molecule has 1 aliphatic rings. The first-order chi connectivity index (χ1) is 10.2. The van der Waals surface area contributed by atoms with Gasteiger partial charge in [-0.1, -0.05) is 38.2 Å². The van der Waals surface area contributed by atoms with Crippen LogP contribution in [0.1, 0.15) is 61.8 Å². The highest BCUT2D eigenvalue weighted by Gasteiger charge is 2.11. The molecule has 0 saturated heterocycles. The topological polar surface area (TPSA) is 27.8 Å². The van der Waals surface area contributed by atoms with Crippen LogP contribution in [0.25, 0.3) is 10.9 Å². The molecule has 1 aromatic carbocycles. The summed E-state index contributed by atoms with van der Waals surface area (Å²) >= 11 is 0. The first-order valence-electron chi connectivity index (χ1n) is 8.54. The normalized spacial score (nSPS) is 17.8. The average Bonchev–Trinajstić information content (AvgIpc) is 2.80. The van der Waals surface area contributed by atoms with Gasteiger partial charge in [-0.3, -0.25) is 0 Å². The van der Waals surface area contributed by atoms with Crippen LogP contribution in [0.5, 0.6) is 0 Å². The second kappa shape index (κ2) is 6.65. The minimum absolute atomic E-state index is 0.708. The minimum atomic E-state index is 0.708. The number of benzene rings is 1. The molecule has 3 rings (SSSR count). The van der Waals surface area contributed by atoms with E-state index in [0.717, 1.165) is 6.54 Å². The van der Waals surface area contributed by atoms with Crippen molar-refractivity contribution >= 4 is 10.9 Å². The summed E-state index contributed by atoms with van der Waals surface area (Å²) in [4.78, 5) is 3.58. The zero-order valence-electron chi connectivity index (χ0n) is 13.5. The van der Waals surface area contributed by atoms with Gasteiger partial charge in [-0.2, -0.15) is 0 Å². The summed E-state index contributed by atoms with van der Waals surface area (Å²) in [5.41, 5.74) is 5.31. The van der Waals surface area contributed by atoms with Gasteiger partial charge in [0, 0.05) is 29.2 Å². The van der Waals surface area contributed by atoms with Gasteiger partial charge in [-0.15, -0.1) is 0 Å². The lowest BCUT2D eigenvalue weighted by atomic mass is 9.97. The molecule has 114 valence electrons. The van der Waals surface area contributed by atoms with E-state index >= 15 is 0 Å². The van der Waals surface area contributed by atoms with Crippen LogP contribution in [0.4, 0.5) is 0 Å². The number of fused-ring (bicyclic) bond motifs is 1. The smallest absolute Gasteiger partial charge is 0.0461 e. The van der Waals surface area contributed by atoms with Gasteiger partial charge in [0.1, 0.15) is 0 Å². The number of aromatic amines is 1. The van der Waals surface area contributed by atoms with E-state index in [4.69, 9.17) is 0 Å². The molecule has 1 saturated carbocycles. The number of aryl methyl sites for hydroxylation is 2. The van der Waals surface area contributed by atoms with E-state index < -0.39 is 0 Å². The Morgan fingerprint density at radius 3 is 2.48 bits per heavy atom. The molecule has 0 spiro atoms. The SMILES string of the molecule is Cc1cc(C)c2cc(CNC3CCCCCCC3)[nH]c2c1. The number of aromatic nitrogens is 1. The van der Waals surface area contributed by atoms with Gasteiger partial charge in [0.15, 0.2) is 0 Å². The fraction of sp³-hybridized carbons (Fsp3) is 0.579. The highest BCUT2D eigenvalue weighted by Crippen LogP contribution is 2.22. The van der Waals surface area contributed by atoms with Gasteiger partial charge < -0.3 is 10.3 Å². The molecule has 2 heteroatoms. The highest BCUT2D eigenvalue weighted by molar-refractivity contribution is 5.84. The van der Waals surface area contributed by atoms with E-state index in [2.05, 4.69) is 42.3 Å². The molecular formula is C19H28N2. The molecule has 21 heavy (non-hydrogen) atoms. The Bertz CT molecular complexity index is 589. The van der Waals surface area contributed by atoms with Crippen LogP contribution in [0, 0.1) is 13.8 Å². The second-order valence-corrected chi connectivity index (χ2v) is 6.76. The molecule has 2 aromatic rings. The lowest BCUT2D eigenvalue weighted by Gasteiger charge is -2.20. The number of nitrogens with one attached hydrogen (secondary N) is 2. The number of hydrogen-bond acceptors (Lipinski definition) is 1. The van der Waals surface area contributed by atoms with Crippen molar-refractivity contribution in [2.24, 2.45) is 0 Å². The van der Waals surface area contributed by atoms with Crippen molar-refractivity contribution in [1.82, 2.24) is 10.3 Å². The molecule has 0 radical (unpaired) electrons. The predicted molar refractivity (Wildman–Crippen MR) is 90.7 cm³/mol. The molecular weight excluding hydrogens is 256 g/mol. The summed E-state index contributed by atoms with van der Waals surface area (Å²) in [5, 5.41) is 5.14. The van der Waals surface area contributed by atoms with Crippen LogP contribution in [0.15, 0.2) is 18.2 Å². The van der Waals surface area contributed by atoms with Crippen molar-refractivity contribution in [2.45, 2.75) is 71.4 Å². The lowest BCUT2D eigenvalue weighted by molar-refractivity contribution is 0.388. The lowest BCUT2D eigenvalue weighted by Crippen LogP contribution is -2.29. The van der Waals surface area contributed by atoms with Gasteiger partial charge in [-0.05, 0) is 49.9 Å². The molecule has 0 unspecified atom stereocenters. The van der Waals surface area contributed by atoms with E-state index in [0.29, 0.717) is 6.04 Å². The van der Waals surface area contributed by atoms with E-state index in [9.17, 15) is 0 Å². The zero-order valence-corrected chi connectivity index (χ0v) is 13.5. The molecule has 2 nitrogen and oxygen atoms in total. The van der Waals surface area contributed by atoms with Crippen LogP contribution < -0.4 is 5.32 Å². The summed E-state index contributed by atoms with van der Waals surface area (Å²) in [6, 6.07) is 7.55. The summed E-state index contributed by atoms with van der Waals surface area (Å²) in [5.74, 6) is 0. The average molecular weight is 284 g/mol. The summed E-state index contributed by atoms with van der Waals surface area (Å²) in [6.45, 7) is 5.34. The van der Waals surface area contributed by atoms with Gasteiger partial charge in [0.2, 0.25) is 0 Å². The summed E-state index contributed by atoms with van der Waals surface area (Å²) in [6.07, 6.45) is 9.75. The molecule has 0 aliphatic heterocycles. The number of H-pyrrole nitrogens is 1. The van der Waals surface area contributed by atoms with E-state index in [-0.39, 0.29) is 0 Å². The molecule has 0 amide bonds. The molecule has 2 N–H and O–H groups in total. The Balaban J connectivity index is 1.66. The third-order valence-corrected chi connectivity index (χ3v) is 4.83. The maximum absolute atomic E-state index is 3.77. The third kappa shape index (κ3) is 3.68. The van der Waals surface area contributed by atoms with Crippen molar-refractivity contribution in [3.8, 4) is 0 Å². The van der Waals surface area contributed by atoms with Gasteiger partial charge >= 0.3 is 0 Å². The van der Waals surface area contributed by atoms with Crippen molar-refractivity contribution in [1.29, 1.82) is 0 Å². The number of hydrogen-bond donors (Lipinski definition) is 2. The molecule has 1 heterocycles. The Morgan fingerprint density at radius 1 is 1.00 bits per heavy atom. The van der Waals surface area contributed by atoms with E-state index in [1.807, 2.05) is 0 Å². The maximum Gasteiger partial charge on any atom is 0.0461 e. The third-order valence-electron chi connectivity index (χ3n) is 4.83. The van der Waals surface area contributed by atoms with E-state index in [1.165, 1.54) is 72.7 Å². The summed E-state index contributed by atoms with van der Waals surface area (Å²) < 4.78 is 0. The summed E-state index contributed by atoms with van der Waals surface area (Å²) in [7, 11) is 0. The van der Waals surface area contributed by atoms with Gasteiger partial charge in [0.25, 0.3) is 0 Å². The first-order valence-corrected chi connectivity index (χ1v) is 8.54. The van der Waals surface area contributed by atoms with Crippen LogP contribution >= 0.6 is 0 Å². The number of rotatable bonds is 3. The van der Waals surface area contributed by atoms with Crippen LogP contribution in [0.2, 0.25) is 0 Å². The Morgan fingerprint density at radius 2 is 1.71 bits per heavy atom. The van der Waals surface area contributed by atoms with Crippen molar-refractivity contribution in [3.05, 3.63) is 35.0 Å². The molecule has 1 aromatic heterocycles. The standard InChI is InChI=1S/C19H28N2/c1-14-10-15(2)18-12-17(21-19(18)11-14)13-20-16-8-6-4-3-5-7-9-16/h10-12,16,20-21H,3-9,13H2,1-2H3. The monoisotopic (exact) mass is 284 g/mol. The zero-order chi connectivity index (χ0) is 14.7. The van der Waals surface area contributed by atoms with Crippen LogP contribution in [-0.4, -0.2) is 11.0 Å². The predicted octanol–water partition coefficient (Wildman–Crippen LogP) is 4.99. The van der Waals surface area contributed by atoms with E-state index in [1.54, 1.807) is 0 Å². The fourth-order valence-corrected chi connectivity index (χ4v) is 3.67. The first kappa shape index (κ1) is 14.6. The van der Waals surface area contributed by atoms with Gasteiger partial charge in [-0.25, -0.2) is 0 Å². The minimum Gasteiger partial charge on any atom is -0.357 e. The van der Waals surface area contributed by atoms with Crippen molar-refractivity contribution < 1.29 is 0 Å². The van der Waals surface area contributed by atoms with Crippen molar-refractivity contribution in [3.63, 3.8) is 0 Å². The fourth-order valence-electron chi connectivity index (χ4n) is 3.67. The van der Waals surface area contributed by atoms with Gasteiger partial charge in [0.05, 0.1) is 0 Å². The molecule has 1 fully saturated rings. The van der Waals surface area contributed by atoms with Crippen molar-refractivity contribution in [2.75, 3.05) is 0 Å². The Kier molecular flexibility index (Phi) is 4.64. The Labute approximate surface area is 128 Å². The largest absolute Gasteiger partial charge is 0.357 e. The highest BCUT2D eigenvalue weighted by atomic mass is 14.9. The Hall–Kier alpha value is -1.28. The molecule has 1 aliphatic carbocycles. The van der Waals surface area contributed by atoms with Crippen LogP contribution in [0.3, 0.4) is 0 Å². The molecule has 0 atom stereocenters. The second-order valence-electron chi connectivity index (χ2n) is 6.76. The molecule has 0 bridgehead atoms. The van der Waals surface area contributed by atoms with Crippen LogP contribution in [-0.2, 0) is 6.54 Å². The quantitative estimate of drug-likeness (QED) is 0.816.